The molecule has 9 atom stereocenters. The van der Waals surface area contributed by atoms with Crippen molar-refractivity contribution in [1.82, 2.24) is 47.0 Å². The topological polar surface area (TPSA) is 239 Å². The summed E-state index contributed by atoms with van der Waals surface area (Å²) in [5.41, 5.74) is 5.62. The lowest BCUT2D eigenvalue weighted by Crippen LogP contribution is -2.59. The van der Waals surface area contributed by atoms with E-state index in [0.29, 0.717) is 24.3 Å². The fourth-order valence-corrected chi connectivity index (χ4v) is 15.0. The minimum absolute atomic E-state index is 0.0301. The molecule has 19 heteroatoms. The van der Waals surface area contributed by atoms with E-state index in [9.17, 15) is 38.4 Å². The molecular weight excluding hydrogens is 1050 g/mol. The van der Waals surface area contributed by atoms with Gasteiger partial charge in [0.1, 0.15) is 24.2 Å². The third kappa shape index (κ3) is 14.5. The number of hydrogen-bond donors (Lipinski definition) is 8. The normalized spacial score (nSPS) is 21.5. The Balaban J connectivity index is 0.920. The summed E-state index contributed by atoms with van der Waals surface area (Å²) in [6.07, 6.45) is 6.58. The second kappa shape index (κ2) is 26.3. The summed E-state index contributed by atoms with van der Waals surface area (Å²) < 4.78 is 0. The molecule has 18 nitrogen and oxygen atoms in total. The number of hydrogen-bond acceptors (Lipinski definition) is 10. The van der Waals surface area contributed by atoms with E-state index < -0.39 is 73.5 Å². The van der Waals surface area contributed by atoms with Crippen molar-refractivity contribution >= 4 is 61.0 Å². The SMILES string of the molecule is CC[C@H](NC)C(=O)N[C@@H](Cc1ccc(NC(=O)c2ccc(C(=O)N[C@H]3C[C@@H](C(=O)N[C@@H]4CCCc5ccccc54)N(C(=O)[C@@H](NC(=O)[C@H](C)NC)C(C)(C)C)C3)cc2)cc1)C(=O)N1C[Si](C)(C)C[C@H]1C(=O)N[C@@H]1CCCc2ccccc21. The van der Waals surface area contributed by atoms with Crippen LogP contribution in [0.3, 0.4) is 0 Å². The first-order valence-electron chi connectivity index (χ1n) is 29.2. The Bertz CT molecular complexity index is 3000. The first-order chi connectivity index (χ1) is 39.1. The summed E-state index contributed by atoms with van der Waals surface area (Å²) in [5, 5.41) is 24.4. The Labute approximate surface area is 483 Å². The van der Waals surface area contributed by atoms with E-state index in [1.54, 1.807) is 74.4 Å². The van der Waals surface area contributed by atoms with Crippen LogP contribution >= 0.6 is 0 Å². The molecule has 2 saturated heterocycles. The highest BCUT2D eigenvalue weighted by atomic mass is 28.3. The molecule has 82 heavy (non-hydrogen) atoms. The fourth-order valence-electron chi connectivity index (χ4n) is 12.1. The van der Waals surface area contributed by atoms with Crippen LogP contribution < -0.4 is 42.5 Å². The minimum Gasteiger partial charge on any atom is -0.348 e. The van der Waals surface area contributed by atoms with Crippen LogP contribution in [0.1, 0.15) is 134 Å². The Hall–Kier alpha value is -7.22. The molecule has 4 aliphatic rings. The molecular formula is C63H84N10O8Si. The van der Waals surface area contributed by atoms with Crippen molar-refractivity contribution in [2.45, 2.75) is 166 Å². The molecule has 0 bridgehead atoms. The minimum atomic E-state index is -2.03. The summed E-state index contributed by atoms with van der Waals surface area (Å²) in [6.45, 7) is 13.6. The van der Waals surface area contributed by atoms with E-state index in [4.69, 9.17) is 0 Å². The first kappa shape index (κ1) is 60.9. The number of nitrogens with zero attached hydrogens (tertiary/aromatic N) is 2. The molecule has 0 spiro atoms. The average molecular weight is 1140 g/mol. The van der Waals surface area contributed by atoms with E-state index in [-0.39, 0.29) is 72.1 Å². The number of amides is 8. The van der Waals surface area contributed by atoms with Crippen molar-refractivity contribution in [3.05, 3.63) is 136 Å². The summed E-state index contributed by atoms with van der Waals surface area (Å²) in [5.74, 6) is -2.79. The maximum absolute atomic E-state index is 14.8. The average Bonchev–Trinajstić information content (AvgIpc) is 3.84. The van der Waals surface area contributed by atoms with E-state index in [1.807, 2.05) is 58.0 Å². The van der Waals surface area contributed by atoms with Crippen molar-refractivity contribution < 1.29 is 38.4 Å². The lowest BCUT2D eigenvalue weighted by molar-refractivity contribution is -0.144. The van der Waals surface area contributed by atoms with E-state index in [0.717, 1.165) is 55.2 Å². The third-order valence-corrected chi connectivity index (χ3v) is 19.6. The number of nitrogens with one attached hydrogen (secondary N) is 8. The molecule has 8 rings (SSSR count). The van der Waals surface area contributed by atoms with Crippen LogP contribution in [0.25, 0.3) is 0 Å². The summed E-state index contributed by atoms with van der Waals surface area (Å²) in [7, 11) is 1.33. The van der Waals surface area contributed by atoms with Gasteiger partial charge in [-0.3, -0.25) is 38.4 Å². The van der Waals surface area contributed by atoms with Gasteiger partial charge in [-0.15, -0.1) is 0 Å². The summed E-state index contributed by atoms with van der Waals surface area (Å²) in [4.78, 5) is 116. The van der Waals surface area contributed by atoms with Gasteiger partial charge in [-0.2, -0.15) is 0 Å². The summed E-state index contributed by atoms with van der Waals surface area (Å²) in [6, 6.07) is 24.4. The van der Waals surface area contributed by atoms with Gasteiger partial charge in [0.15, 0.2) is 0 Å². The molecule has 2 heterocycles. The Morgan fingerprint density at radius 1 is 0.634 bits per heavy atom. The zero-order valence-corrected chi connectivity index (χ0v) is 50.1. The van der Waals surface area contributed by atoms with Gasteiger partial charge in [0.05, 0.1) is 32.2 Å². The molecule has 0 unspecified atom stereocenters. The van der Waals surface area contributed by atoms with E-state index >= 15 is 0 Å². The zero-order chi connectivity index (χ0) is 59.0. The van der Waals surface area contributed by atoms with Crippen LogP contribution in [0.2, 0.25) is 19.1 Å². The highest BCUT2D eigenvalue weighted by Crippen LogP contribution is 2.34. The largest absolute Gasteiger partial charge is 0.348 e. The maximum Gasteiger partial charge on any atom is 0.255 e. The monoisotopic (exact) mass is 1140 g/mol. The lowest BCUT2D eigenvalue weighted by atomic mass is 9.85. The number of likely N-dealkylation sites (tertiary alicyclic amines) is 1. The van der Waals surface area contributed by atoms with E-state index in [1.165, 1.54) is 16.0 Å². The van der Waals surface area contributed by atoms with Crippen molar-refractivity contribution in [3.8, 4) is 0 Å². The molecule has 0 radical (unpaired) electrons. The third-order valence-electron chi connectivity index (χ3n) is 16.9. The van der Waals surface area contributed by atoms with Crippen LogP contribution in [0.5, 0.6) is 0 Å². The molecule has 0 saturated carbocycles. The van der Waals surface area contributed by atoms with Crippen LogP contribution in [-0.4, -0.2) is 134 Å². The molecule has 8 amide bonds. The quantitative estimate of drug-likeness (QED) is 0.0537. The van der Waals surface area contributed by atoms with Crippen LogP contribution in [0.15, 0.2) is 97.1 Å². The van der Waals surface area contributed by atoms with Gasteiger partial charge in [0, 0.05) is 42.0 Å². The molecule has 0 aromatic heterocycles. The van der Waals surface area contributed by atoms with Crippen LogP contribution in [0, 0.1) is 5.41 Å². The second-order valence-corrected chi connectivity index (χ2v) is 29.7. The van der Waals surface area contributed by atoms with Crippen molar-refractivity contribution in [2.75, 3.05) is 32.1 Å². The molecule has 8 N–H and O–H groups in total. The number of fused-ring (bicyclic) bond motifs is 2. The van der Waals surface area contributed by atoms with Gasteiger partial charge < -0.3 is 52.3 Å². The number of rotatable bonds is 19. The predicted molar refractivity (Wildman–Crippen MR) is 319 cm³/mol. The van der Waals surface area contributed by atoms with Gasteiger partial charge in [-0.05, 0) is 148 Å². The predicted octanol–water partition coefficient (Wildman–Crippen LogP) is 5.65. The second-order valence-electron chi connectivity index (χ2n) is 24.6. The highest BCUT2D eigenvalue weighted by molar-refractivity contribution is 6.79. The highest BCUT2D eigenvalue weighted by Gasteiger charge is 2.48. The standard InChI is InChI=1S/C63H84N10O8Si/c1-10-48(65-7)58(77)70-51(61(80)73-37-82(8,9)36-53(73)60(79)69-50-24-16-20-41-18-12-14-22-47(41)50)33-39-25-31-44(32-26-39)66-56(75)42-27-29-43(30-28-42)57(76)67-45-34-52(59(78)68-49-23-15-19-40-17-11-13-21-46(40)49)72(35-45)62(81)54(63(3,4)5)71-55(74)38(2)64-6/h11-14,17-18,21-22,25-32,38,45,48-54,64-65H,10,15-16,19-20,23-24,33-37H2,1-9H3,(H,66,75)(H,67,76)(H,68,78)(H,69,79)(H,70,77)(H,71,74)/t38-,45-,48-,49+,50+,51-,52-,53-,54+/m0/s1. The summed E-state index contributed by atoms with van der Waals surface area (Å²) >= 11 is 0. The molecule has 4 aromatic rings. The molecule has 438 valence electrons. The number of benzene rings is 4. The Morgan fingerprint density at radius 3 is 1.74 bits per heavy atom. The molecule has 2 aliphatic heterocycles. The lowest BCUT2D eigenvalue weighted by Gasteiger charge is -2.36. The maximum atomic E-state index is 14.8. The molecule has 2 fully saturated rings. The number of carbonyl (C=O) groups excluding carboxylic acids is 8. The van der Waals surface area contributed by atoms with Gasteiger partial charge in [0.2, 0.25) is 35.4 Å². The Morgan fingerprint density at radius 2 is 1.20 bits per heavy atom. The van der Waals surface area contributed by atoms with Crippen molar-refractivity contribution in [2.24, 2.45) is 5.41 Å². The number of likely N-dealkylation sites (N-methyl/N-ethyl adjacent to an activating group) is 2. The van der Waals surface area contributed by atoms with E-state index in [2.05, 4.69) is 73.8 Å². The van der Waals surface area contributed by atoms with Crippen LogP contribution in [-0.2, 0) is 48.0 Å². The van der Waals surface area contributed by atoms with Gasteiger partial charge in [-0.1, -0.05) is 101 Å². The van der Waals surface area contributed by atoms with Gasteiger partial charge >= 0.3 is 0 Å². The zero-order valence-electron chi connectivity index (χ0n) is 49.1. The molecule has 4 aromatic carbocycles. The van der Waals surface area contributed by atoms with Gasteiger partial charge in [-0.25, -0.2) is 0 Å². The number of aryl methyl sites for hydroxylation is 2. The fraction of sp³-hybridized carbons (Fsp3) is 0.492. The smallest absolute Gasteiger partial charge is 0.255 e. The van der Waals surface area contributed by atoms with Crippen LogP contribution in [0.4, 0.5) is 5.69 Å². The first-order valence-corrected chi connectivity index (χ1v) is 32.6. The molecule has 2 aliphatic carbocycles. The van der Waals surface area contributed by atoms with Crippen molar-refractivity contribution in [1.29, 1.82) is 0 Å². The number of anilines is 1. The number of carbonyl (C=O) groups is 8. The van der Waals surface area contributed by atoms with Crippen molar-refractivity contribution in [3.63, 3.8) is 0 Å². The van der Waals surface area contributed by atoms with Gasteiger partial charge in [0.25, 0.3) is 11.8 Å². The Kier molecular flexibility index (Phi) is 19.6.